The Hall–Kier alpha value is -4.37. The first-order valence-corrected chi connectivity index (χ1v) is 11.7. The predicted molar refractivity (Wildman–Crippen MR) is 138 cm³/mol. The van der Waals surface area contributed by atoms with Crippen molar-refractivity contribution in [1.82, 2.24) is 10.1 Å². The number of aryl methyl sites for hydroxylation is 1. The standard InChI is InChI=1S/C27H24ClN3O6/c1-15(20-9-4-5-10-22(20)28)36-27(34)30-24-16(2)37-31-25(24)19-8-6-7-18(13-19)21-11-17(12-23(32)33)14-29-26(21)35-3/h4-11,13-15H,12H2,1-3H3,(H,30,34)(H,32,33). The minimum Gasteiger partial charge on any atom is -0.481 e. The van der Waals surface area contributed by atoms with Gasteiger partial charge in [-0.3, -0.25) is 10.1 Å². The number of carboxylic acid groups (broad SMARTS) is 1. The Bertz CT molecular complexity index is 1450. The van der Waals surface area contributed by atoms with Crippen LogP contribution < -0.4 is 10.1 Å². The summed E-state index contributed by atoms with van der Waals surface area (Å²) in [4.78, 5) is 28.1. The second kappa shape index (κ2) is 11.1. The van der Waals surface area contributed by atoms with Crippen molar-refractivity contribution in [3.05, 3.63) is 82.7 Å². The van der Waals surface area contributed by atoms with Gasteiger partial charge in [-0.15, -0.1) is 0 Å². The van der Waals surface area contributed by atoms with E-state index < -0.39 is 18.2 Å². The van der Waals surface area contributed by atoms with E-state index in [0.717, 1.165) is 5.56 Å². The Kier molecular flexibility index (Phi) is 7.74. The quantitative estimate of drug-likeness (QED) is 0.276. The molecule has 0 radical (unpaired) electrons. The van der Waals surface area contributed by atoms with Crippen molar-refractivity contribution in [3.8, 4) is 28.3 Å². The molecule has 9 nitrogen and oxygen atoms in total. The van der Waals surface area contributed by atoms with Crippen molar-refractivity contribution in [3.63, 3.8) is 0 Å². The third-order valence-electron chi connectivity index (χ3n) is 5.62. The van der Waals surface area contributed by atoms with E-state index in [0.29, 0.717) is 50.3 Å². The third kappa shape index (κ3) is 5.90. The molecule has 0 saturated carbocycles. The number of carboxylic acids is 1. The molecule has 0 aliphatic rings. The molecule has 10 heteroatoms. The first kappa shape index (κ1) is 25.7. The van der Waals surface area contributed by atoms with Crippen LogP contribution in [-0.4, -0.2) is 34.4 Å². The van der Waals surface area contributed by atoms with Gasteiger partial charge in [-0.25, -0.2) is 9.78 Å². The first-order chi connectivity index (χ1) is 17.8. The van der Waals surface area contributed by atoms with E-state index in [1.54, 1.807) is 44.2 Å². The molecule has 4 rings (SSSR count). The van der Waals surface area contributed by atoms with Gasteiger partial charge in [0.15, 0.2) is 5.76 Å². The number of halogens is 1. The maximum Gasteiger partial charge on any atom is 0.412 e. The van der Waals surface area contributed by atoms with Crippen LogP contribution in [0.5, 0.6) is 5.88 Å². The number of rotatable bonds is 8. The van der Waals surface area contributed by atoms with E-state index in [4.69, 9.17) is 30.7 Å². The van der Waals surface area contributed by atoms with E-state index in [1.165, 1.54) is 13.3 Å². The van der Waals surface area contributed by atoms with Crippen LogP contribution >= 0.6 is 11.6 Å². The molecule has 0 saturated heterocycles. The summed E-state index contributed by atoms with van der Waals surface area (Å²) in [6, 6.07) is 16.1. The largest absolute Gasteiger partial charge is 0.481 e. The molecule has 0 bridgehead atoms. The molecule has 0 aliphatic heterocycles. The summed E-state index contributed by atoms with van der Waals surface area (Å²) in [5.74, 6) is -0.222. The number of aliphatic carboxylic acids is 1. The summed E-state index contributed by atoms with van der Waals surface area (Å²) in [6.07, 6.45) is 0.0232. The fraction of sp³-hybridized carbons (Fsp3) is 0.185. The maximum atomic E-state index is 12.7. The number of pyridine rings is 1. The number of nitrogens with zero attached hydrogens (tertiary/aromatic N) is 2. The summed E-state index contributed by atoms with van der Waals surface area (Å²) in [7, 11) is 1.49. The zero-order chi connectivity index (χ0) is 26.5. The van der Waals surface area contributed by atoms with Crippen LogP contribution in [0.15, 0.2) is 65.3 Å². The van der Waals surface area contributed by atoms with Gasteiger partial charge in [0, 0.05) is 27.9 Å². The Morgan fingerprint density at radius 3 is 2.62 bits per heavy atom. The third-order valence-corrected chi connectivity index (χ3v) is 5.96. The van der Waals surface area contributed by atoms with Gasteiger partial charge in [-0.05, 0) is 43.2 Å². The highest BCUT2D eigenvalue weighted by molar-refractivity contribution is 6.31. The highest BCUT2D eigenvalue weighted by Gasteiger charge is 2.21. The maximum absolute atomic E-state index is 12.7. The minimum atomic E-state index is -0.962. The number of hydrogen-bond acceptors (Lipinski definition) is 7. The van der Waals surface area contributed by atoms with E-state index in [-0.39, 0.29) is 6.42 Å². The van der Waals surface area contributed by atoms with Gasteiger partial charge >= 0.3 is 12.1 Å². The molecular weight excluding hydrogens is 498 g/mol. The SMILES string of the molecule is COc1ncc(CC(=O)O)cc1-c1cccc(-c2noc(C)c2NC(=O)OC(C)c2ccccc2Cl)c1. The van der Waals surface area contributed by atoms with Gasteiger partial charge in [0.25, 0.3) is 0 Å². The molecule has 1 amide bonds. The lowest BCUT2D eigenvalue weighted by atomic mass is 10.00. The molecule has 190 valence electrons. The number of carbonyl (C=O) groups is 2. The molecule has 4 aromatic rings. The monoisotopic (exact) mass is 521 g/mol. The number of amides is 1. The van der Waals surface area contributed by atoms with Crippen LogP contribution in [0.25, 0.3) is 22.4 Å². The number of methoxy groups -OCH3 is 1. The zero-order valence-corrected chi connectivity index (χ0v) is 21.1. The fourth-order valence-electron chi connectivity index (χ4n) is 3.85. The molecule has 37 heavy (non-hydrogen) atoms. The molecule has 2 aromatic heterocycles. The van der Waals surface area contributed by atoms with Crippen LogP contribution in [0.2, 0.25) is 5.02 Å². The van der Waals surface area contributed by atoms with Crippen molar-refractivity contribution in [2.24, 2.45) is 0 Å². The lowest BCUT2D eigenvalue weighted by Gasteiger charge is -2.15. The number of ether oxygens (including phenoxy) is 2. The highest BCUT2D eigenvalue weighted by atomic mass is 35.5. The van der Waals surface area contributed by atoms with Crippen molar-refractivity contribution < 1.29 is 28.7 Å². The topological polar surface area (TPSA) is 124 Å². The average Bonchev–Trinajstić information content (AvgIpc) is 3.23. The summed E-state index contributed by atoms with van der Waals surface area (Å²) < 4.78 is 16.3. The summed E-state index contributed by atoms with van der Waals surface area (Å²) >= 11 is 6.22. The van der Waals surface area contributed by atoms with Gasteiger partial charge < -0.3 is 19.1 Å². The summed E-state index contributed by atoms with van der Waals surface area (Å²) in [6.45, 7) is 3.40. The molecule has 1 unspecified atom stereocenters. The molecule has 2 heterocycles. The smallest absolute Gasteiger partial charge is 0.412 e. The number of anilines is 1. The van der Waals surface area contributed by atoms with Gasteiger partial charge in [-0.1, -0.05) is 53.2 Å². The van der Waals surface area contributed by atoms with E-state index in [2.05, 4.69) is 15.5 Å². The number of nitrogens with one attached hydrogen (secondary N) is 1. The number of benzene rings is 2. The number of carbonyl (C=O) groups excluding carboxylic acids is 1. The Morgan fingerprint density at radius 1 is 1.14 bits per heavy atom. The van der Waals surface area contributed by atoms with Crippen molar-refractivity contribution in [2.75, 3.05) is 12.4 Å². The summed E-state index contributed by atoms with van der Waals surface area (Å²) in [5, 5.41) is 16.5. The zero-order valence-electron chi connectivity index (χ0n) is 20.3. The fourth-order valence-corrected chi connectivity index (χ4v) is 4.14. The van der Waals surface area contributed by atoms with Crippen LogP contribution in [-0.2, 0) is 16.0 Å². The van der Waals surface area contributed by atoms with Crippen LogP contribution in [0, 0.1) is 6.92 Å². The Morgan fingerprint density at radius 2 is 1.89 bits per heavy atom. The normalized spacial score (nSPS) is 11.6. The molecule has 0 spiro atoms. The molecular formula is C27H24ClN3O6. The van der Waals surface area contributed by atoms with Crippen molar-refractivity contribution in [1.29, 1.82) is 0 Å². The second-order valence-electron chi connectivity index (χ2n) is 8.21. The Balaban J connectivity index is 1.61. The second-order valence-corrected chi connectivity index (χ2v) is 8.62. The lowest BCUT2D eigenvalue weighted by molar-refractivity contribution is -0.136. The van der Waals surface area contributed by atoms with Gasteiger partial charge in [0.1, 0.15) is 17.5 Å². The molecule has 2 N–H and O–H groups in total. The van der Waals surface area contributed by atoms with Gasteiger partial charge in [-0.2, -0.15) is 0 Å². The Labute approximate surface area is 218 Å². The van der Waals surface area contributed by atoms with E-state index in [9.17, 15) is 9.59 Å². The minimum absolute atomic E-state index is 0.172. The molecule has 1 atom stereocenters. The van der Waals surface area contributed by atoms with E-state index in [1.807, 2.05) is 24.3 Å². The lowest BCUT2D eigenvalue weighted by Crippen LogP contribution is -2.17. The molecule has 0 fully saturated rings. The number of hydrogen-bond donors (Lipinski definition) is 2. The van der Waals surface area contributed by atoms with Gasteiger partial charge in [0.05, 0.1) is 13.5 Å². The van der Waals surface area contributed by atoms with Crippen LogP contribution in [0.3, 0.4) is 0 Å². The van der Waals surface area contributed by atoms with E-state index >= 15 is 0 Å². The molecule has 2 aromatic carbocycles. The van der Waals surface area contributed by atoms with Crippen LogP contribution in [0.4, 0.5) is 10.5 Å². The highest BCUT2D eigenvalue weighted by Crippen LogP contribution is 2.35. The van der Waals surface area contributed by atoms with Crippen LogP contribution in [0.1, 0.15) is 29.9 Å². The molecule has 0 aliphatic carbocycles. The number of aromatic nitrogens is 2. The first-order valence-electron chi connectivity index (χ1n) is 11.3. The van der Waals surface area contributed by atoms with Crippen molar-refractivity contribution in [2.45, 2.75) is 26.4 Å². The van der Waals surface area contributed by atoms with Crippen molar-refractivity contribution >= 4 is 29.4 Å². The average molecular weight is 522 g/mol. The van der Waals surface area contributed by atoms with Gasteiger partial charge in [0.2, 0.25) is 5.88 Å². The summed E-state index contributed by atoms with van der Waals surface area (Å²) in [5.41, 5.74) is 3.95. The predicted octanol–water partition coefficient (Wildman–Crippen LogP) is 6.31.